The number of anilines is 1. The molecule has 36 heavy (non-hydrogen) atoms. The van der Waals surface area contributed by atoms with Crippen LogP contribution in [-0.4, -0.2) is 31.7 Å². The first kappa shape index (κ1) is 26.6. The summed E-state index contributed by atoms with van der Waals surface area (Å²) >= 11 is 3.52. The zero-order valence-electron chi connectivity index (χ0n) is 20.1. The molecule has 10 heteroatoms. The lowest BCUT2D eigenvalue weighted by atomic mass is 9.83. The Bertz CT molecular complexity index is 1250. The number of hydrogen-bond acceptors (Lipinski definition) is 8. The van der Waals surface area contributed by atoms with Crippen LogP contribution in [0.25, 0.3) is 0 Å². The van der Waals surface area contributed by atoms with Crippen LogP contribution < -0.4 is 20.5 Å². The SMILES string of the molecule is CCOC(=O)C1=C(C)OC(N)=C(C#N)C1c1cc(OCC)c(OCC(=O)Nc2ccccc2)cc1Br. The molecular formula is C26H26BrN3O6. The standard InChI is InChI=1S/C26H26BrN3O6/c1-4-33-20-11-17(24-18(13-28)25(29)36-15(3)23(24)26(32)34-5-2)19(27)12-21(20)35-14-22(31)30-16-9-7-6-8-10-16/h6-12,24H,4-5,14,29H2,1-3H3,(H,30,31). The van der Waals surface area contributed by atoms with Gasteiger partial charge in [-0.3, -0.25) is 4.79 Å². The fraction of sp³-hybridized carbons (Fsp3) is 0.269. The normalized spacial score (nSPS) is 15.0. The van der Waals surface area contributed by atoms with E-state index in [4.69, 9.17) is 24.7 Å². The summed E-state index contributed by atoms with van der Waals surface area (Å²) in [5.74, 6) is -1.08. The summed E-state index contributed by atoms with van der Waals surface area (Å²) in [5.41, 5.74) is 7.38. The zero-order valence-corrected chi connectivity index (χ0v) is 21.7. The van der Waals surface area contributed by atoms with E-state index in [1.54, 1.807) is 45.0 Å². The number of nitrogens with two attached hydrogens (primary N) is 1. The minimum atomic E-state index is -0.869. The summed E-state index contributed by atoms with van der Waals surface area (Å²) < 4.78 is 22.7. The van der Waals surface area contributed by atoms with Crippen molar-refractivity contribution in [2.24, 2.45) is 5.73 Å². The quantitative estimate of drug-likeness (QED) is 0.431. The highest BCUT2D eigenvalue weighted by atomic mass is 79.9. The molecule has 9 nitrogen and oxygen atoms in total. The molecule has 0 fully saturated rings. The first-order valence-electron chi connectivity index (χ1n) is 11.2. The summed E-state index contributed by atoms with van der Waals surface area (Å²) in [6, 6.07) is 14.3. The number of benzene rings is 2. The van der Waals surface area contributed by atoms with Crippen molar-refractivity contribution < 1.29 is 28.5 Å². The van der Waals surface area contributed by atoms with Gasteiger partial charge in [-0.2, -0.15) is 5.26 Å². The Morgan fingerprint density at radius 3 is 2.47 bits per heavy atom. The largest absolute Gasteiger partial charge is 0.490 e. The molecule has 1 aliphatic heterocycles. The summed E-state index contributed by atoms with van der Waals surface area (Å²) in [6.07, 6.45) is 0. The molecule has 0 saturated heterocycles. The molecule has 0 spiro atoms. The minimum absolute atomic E-state index is 0.0581. The van der Waals surface area contributed by atoms with Crippen LogP contribution in [0, 0.1) is 11.3 Å². The predicted molar refractivity (Wildman–Crippen MR) is 136 cm³/mol. The third kappa shape index (κ3) is 5.98. The monoisotopic (exact) mass is 555 g/mol. The molecule has 1 unspecified atom stereocenters. The number of rotatable bonds is 9. The van der Waals surface area contributed by atoms with Gasteiger partial charge in [0.25, 0.3) is 5.91 Å². The van der Waals surface area contributed by atoms with Gasteiger partial charge in [-0.05, 0) is 50.6 Å². The van der Waals surface area contributed by atoms with E-state index in [0.717, 1.165) is 0 Å². The molecule has 0 saturated carbocycles. The van der Waals surface area contributed by atoms with Gasteiger partial charge >= 0.3 is 5.97 Å². The Kier molecular flexibility index (Phi) is 8.97. The molecular weight excluding hydrogens is 530 g/mol. The number of nitrogens with zero attached hydrogens (tertiary/aromatic N) is 1. The molecule has 3 N–H and O–H groups in total. The second-order valence-electron chi connectivity index (χ2n) is 7.57. The number of hydrogen-bond donors (Lipinski definition) is 2. The van der Waals surface area contributed by atoms with Gasteiger partial charge in [0, 0.05) is 10.2 Å². The average molecular weight is 556 g/mol. The smallest absolute Gasteiger partial charge is 0.338 e. The fourth-order valence-corrected chi connectivity index (χ4v) is 4.23. The summed E-state index contributed by atoms with van der Waals surface area (Å²) in [7, 11) is 0. The Morgan fingerprint density at radius 2 is 1.83 bits per heavy atom. The second kappa shape index (κ2) is 12.1. The number of nitrogens with one attached hydrogen (secondary N) is 1. The molecule has 0 aliphatic carbocycles. The van der Waals surface area contributed by atoms with Crippen molar-refractivity contribution in [3.8, 4) is 17.6 Å². The van der Waals surface area contributed by atoms with Crippen LogP contribution >= 0.6 is 15.9 Å². The van der Waals surface area contributed by atoms with Gasteiger partial charge in [0.15, 0.2) is 18.1 Å². The molecule has 1 atom stereocenters. The molecule has 2 aromatic rings. The van der Waals surface area contributed by atoms with E-state index in [1.807, 2.05) is 24.3 Å². The van der Waals surface area contributed by atoms with Gasteiger partial charge in [-0.1, -0.05) is 34.1 Å². The first-order chi connectivity index (χ1) is 17.3. The Balaban J connectivity index is 1.97. The number of para-hydroxylation sites is 1. The molecule has 0 radical (unpaired) electrons. The van der Waals surface area contributed by atoms with Crippen LogP contribution in [0.3, 0.4) is 0 Å². The van der Waals surface area contributed by atoms with Crippen molar-refractivity contribution >= 4 is 33.5 Å². The maximum atomic E-state index is 12.8. The number of halogens is 1. The molecule has 0 aromatic heterocycles. The summed E-state index contributed by atoms with van der Waals surface area (Å²) in [4.78, 5) is 25.2. The lowest BCUT2D eigenvalue weighted by Crippen LogP contribution is -2.26. The number of ether oxygens (including phenoxy) is 4. The minimum Gasteiger partial charge on any atom is -0.490 e. The maximum Gasteiger partial charge on any atom is 0.338 e. The van der Waals surface area contributed by atoms with Crippen molar-refractivity contribution in [2.75, 3.05) is 25.1 Å². The molecule has 0 bridgehead atoms. The lowest BCUT2D eigenvalue weighted by Gasteiger charge is -2.28. The van der Waals surface area contributed by atoms with Crippen LogP contribution in [-0.2, 0) is 19.1 Å². The maximum absolute atomic E-state index is 12.8. The third-order valence-corrected chi connectivity index (χ3v) is 5.88. The van der Waals surface area contributed by atoms with E-state index in [1.165, 1.54) is 0 Å². The molecule has 188 valence electrons. The Morgan fingerprint density at radius 1 is 1.14 bits per heavy atom. The highest BCUT2D eigenvalue weighted by Crippen LogP contribution is 2.45. The van der Waals surface area contributed by atoms with E-state index < -0.39 is 11.9 Å². The fourth-order valence-electron chi connectivity index (χ4n) is 3.68. The van der Waals surface area contributed by atoms with Crippen molar-refractivity contribution in [1.82, 2.24) is 0 Å². The van der Waals surface area contributed by atoms with E-state index in [-0.39, 0.29) is 41.9 Å². The van der Waals surface area contributed by atoms with E-state index in [2.05, 4.69) is 21.2 Å². The topological polar surface area (TPSA) is 133 Å². The highest BCUT2D eigenvalue weighted by Gasteiger charge is 2.38. The molecule has 1 amide bonds. The number of carbonyl (C=O) groups excluding carboxylic acids is 2. The van der Waals surface area contributed by atoms with Crippen LogP contribution in [0.1, 0.15) is 32.3 Å². The number of esters is 1. The third-order valence-electron chi connectivity index (χ3n) is 5.19. The first-order valence-corrected chi connectivity index (χ1v) is 12.0. The average Bonchev–Trinajstić information content (AvgIpc) is 2.84. The van der Waals surface area contributed by atoms with Crippen molar-refractivity contribution in [3.63, 3.8) is 0 Å². The van der Waals surface area contributed by atoms with Crippen LogP contribution in [0.15, 0.2) is 69.7 Å². The van der Waals surface area contributed by atoms with E-state index in [9.17, 15) is 14.9 Å². The van der Waals surface area contributed by atoms with E-state index >= 15 is 0 Å². The van der Waals surface area contributed by atoms with Gasteiger partial charge in [-0.25, -0.2) is 4.79 Å². The summed E-state index contributed by atoms with van der Waals surface area (Å²) in [5, 5.41) is 12.6. The van der Waals surface area contributed by atoms with Gasteiger partial charge in [0.05, 0.1) is 24.7 Å². The lowest BCUT2D eigenvalue weighted by molar-refractivity contribution is -0.139. The molecule has 2 aromatic carbocycles. The molecule has 1 heterocycles. The predicted octanol–water partition coefficient (Wildman–Crippen LogP) is 4.51. The number of amides is 1. The van der Waals surface area contributed by atoms with Crippen molar-refractivity contribution in [1.29, 1.82) is 5.26 Å². The van der Waals surface area contributed by atoms with Gasteiger partial charge < -0.3 is 30.0 Å². The zero-order chi connectivity index (χ0) is 26.2. The second-order valence-corrected chi connectivity index (χ2v) is 8.43. The number of carbonyl (C=O) groups is 2. The highest BCUT2D eigenvalue weighted by molar-refractivity contribution is 9.10. The number of allylic oxidation sites excluding steroid dienone is 2. The van der Waals surface area contributed by atoms with Gasteiger partial charge in [0.2, 0.25) is 5.88 Å². The van der Waals surface area contributed by atoms with Gasteiger partial charge in [0.1, 0.15) is 17.4 Å². The summed E-state index contributed by atoms with van der Waals surface area (Å²) in [6.45, 7) is 5.26. The van der Waals surface area contributed by atoms with Crippen molar-refractivity contribution in [3.05, 3.63) is 75.3 Å². The van der Waals surface area contributed by atoms with E-state index in [0.29, 0.717) is 33.8 Å². The molecule has 1 aliphatic rings. The Hall–Kier alpha value is -3.97. The van der Waals surface area contributed by atoms with Crippen LogP contribution in [0.5, 0.6) is 11.5 Å². The van der Waals surface area contributed by atoms with Crippen LogP contribution in [0.2, 0.25) is 0 Å². The van der Waals surface area contributed by atoms with Crippen LogP contribution in [0.4, 0.5) is 5.69 Å². The molecule has 3 rings (SSSR count). The van der Waals surface area contributed by atoms with Crippen molar-refractivity contribution in [2.45, 2.75) is 26.7 Å². The Labute approximate surface area is 217 Å². The number of nitriles is 1. The van der Waals surface area contributed by atoms with Gasteiger partial charge in [-0.15, -0.1) is 0 Å².